The zero-order valence-corrected chi connectivity index (χ0v) is 9.64. The summed E-state index contributed by atoms with van der Waals surface area (Å²) in [5.41, 5.74) is 2.85. The molecule has 2 rings (SSSR count). The topological polar surface area (TPSA) is 40.5 Å². The summed E-state index contributed by atoms with van der Waals surface area (Å²) in [5, 5.41) is 14.2. The molecular weight excluding hydrogens is 179 g/mol. The highest BCUT2D eigenvalue weighted by atomic mass is 28.3. The molecule has 4 heteroatoms. The fourth-order valence-corrected chi connectivity index (χ4v) is 0.663. The van der Waals surface area contributed by atoms with E-state index in [1.165, 1.54) is 11.1 Å². The molecule has 0 atom stereocenters. The Balaban J connectivity index is 0.000000184. The molecule has 0 heterocycles. The predicted molar refractivity (Wildman–Crippen MR) is 61.8 cm³/mol. The van der Waals surface area contributed by atoms with Gasteiger partial charge in [0, 0.05) is 8.80 Å². The lowest BCUT2D eigenvalue weighted by Crippen LogP contribution is -1.85. The second kappa shape index (κ2) is 6.89. The van der Waals surface area contributed by atoms with Crippen molar-refractivity contribution in [1.29, 1.82) is 0 Å². The molecule has 0 aromatic carbocycles. The Hall–Kier alpha value is -0.578. The van der Waals surface area contributed by atoms with Crippen molar-refractivity contribution in [3.63, 3.8) is 0 Å². The number of hydrogen-bond donors (Lipinski definition) is 2. The average molecular weight is 196 g/mol. The van der Waals surface area contributed by atoms with Gasteiger partial charge in [-0.2, -0.15) is 0 Å². The minimum Gasteiger partial charge on any atom is -0.430 e. The zero-order valence-electron chi connectivity index (χ0n) is 8.49. The van der Waals surface area contributed by atoms with Crippen LogP contribution in [0.2, 0.25) is 19.6 Å². The van der Waals surface area contributed by atoms with Gasteiger partial charge in [0.25, 0.3) is 0 Å². The standard InChI is InChI=1S/C6H4.C3H10Si.BH3O2/c1-2-6-4-3-5(1)6;1-4(2)3;2-1-3/h1-4H;4H,1-3H3;1-3H. The van der Waals surface area contributed by atoms with Crippen LogP contribution in [0.15, 0.2) is 24.3 Å². The van der Waals surface area contributed by atoms with Crippen LogP contribution in [-0.4, -0.2) is 26.5 Å². The van der Waals surface area contributed by atoms with Crippen LogP contribution in [-0.2, 0) is 0 Å². The fraction of sp³-hybridized carbons (Fsp3) is 0.333. The maximum Gasteiger partial charge on any atom is 0.432 e. The molecule has 0 aliphatic heterocycles. The van der Waals surface area contributed by atoms with Crippen LogP contribution < -0.4 is 0 Å². The first-order chi connectivity index (χ1) is 6.11. The van der Waals surface area contributed by atoms with E-state index in [2.05, 4.69) is 43.9 Å². The predicted octanol–water partition coefficient (Wildman–Crippen LogP) is 1.01. The van der Waals surface area contributed by atoms with E-state index in [0.717, 1.165) is 0 Å². The summed E-state index contributed by atoms with van der Waals surface area (Å²) >= 11 is 0. The molecule has 0 amide bonds. The molecule has 0 aromatic heterocycles. The van der Waals surface area contributed by atoms with Crippen molar-refractivity contribution >= 4 is 16.5 Å². The summed E-state index contributed by atoms with van der Waals surface area (Å²) in [6.45, 7) is 6.92. The van der Waals surface area contributed by atoms with E-state index in [4.69, 9.17) is 10.0 Å². The first-order valence-corrected chi connectivity index (χ1v) is 7.90. The molecule has 0 spiro atoms. The summed E-state index contributed by atoms with van der Waals surface area (Å²) in [6, 6.07) is 8.48. The van der Waals surface area contributed by atoms with Crippen molar-refractivity contribution < 1.29 is 10.0 Å². The number of rotatable bonds is 0. The summed E-state index contributed by atoms with van der Waals surface area (Å²) < 4.78 is 0. The van der Waals surface area contributed by atoms with Gasteiger partial charge in [0.1, 0.15) is 0 Å². The van der Waals surface area contributed by atoms with Gasteiger partial charge in [-0.1, -0.05) is 43.9 Å². The Bertz CT molecular complexity index is 200. The van der Waals surface area contributed by atoms with E-state index in [-0.39, 0.29) is 8.80 Å². The van der Waals surface area contributed by atoms with E-state index < -0.39 is 7.69 Å². The largest absolute Gasteiger partial charge is 0.432 e. The van der Waals surface area contributed by atoms with Crippen LogP contribution in [0.25, 0.3) is 11.1 Å². The van der Waals surface area contributed by atoms with E-state index in [9.17, 15) is 0 Å². The Morgan fingerprint density at radius 1 is 0.923 bits per heavy atom. The Kier molecular flexibility index (Phi) is 6.58. The highest BCUT2D eigenvalue weighted by molar-refractivity contribution is 6.54. The minimum absolute atomic E-state index is 0.139. The normalized spacial score (nSPS) is 9.08. The van der Waals surface area contributed by atoms with Crippen molar-refractivity contribution in [2.45, 2.75) is 19.6 Å². The summed E-state index contributed by atoms with van der Waals surface area (Å²) in [5.74, 6) is 0. The van der Waals surface area contributed by atoms with E-state index in [0.29, 0.717) is 0 Å². The second-order valence-corrected chi connectivity index (χ2v) is 6.91. The smallest absolute Gasteiger partial charge is 0.430 e. The number of benzene rings is 1. The van der Waals surface area contributed by atoms with E-state index in [1.807, 2.05) is 0 Å². The molecule has 0 aromatic rings. The maximum absolute atomic E-state index is 7.12. The molecule has 2 aliphatic carbocycles. The van der Waals surface area contributed by atoms with Gasteiger partial charge in [-0.05, 0) is 11.1 Å². The van der Waals surface area contributed by atoms with Gasteiger partial charge in [-0.15, -0.1) is 0 Å². The summed E-state index contributed by atoms with van der Waals surface area (Å²) in [4.78, 5) is 0. The third-order valence-corrected chi connectivity index (χ3v) is 1.22. The van der Waals surface area contributed by atoms with Gasteiger partial charge in [-0.25, -0.2) is 0 Å². The van der Waals surface area contributed by atoms with Crippen LogP contribution in [0.4, 0.5) is 0 Å². The summed E-state index contributed by atoms with van der Waals surface area (Å²) in [7, 11) is -0.889. The molecule has 0 bridgehead atoms. The molecule has 0 unspecified atom stereocenters. The second-order valence-electron chi connectivity index (χ2n) is 3.45. The van der Waals surface area contributed by atoms with Gasteiger partial charge < -0.3 is 10.0 Å². The molecule has 0 saturated carbocycles. The van der Waals surface area contributed by atoms with Crippen LogP contribution >= 0.6 is 0 Å². The average Bonchev–Trinajstić information content (AvgIpc) is 1.97. The molecule has 72 valence electrons. The maximum atomic E-state index is 7.12. The van der Waals surface area contributed by atoms with E-state index in [1.54, 1.807) is 0 Å². The highest BCUT2D eigenvalue weighted by Gasteiger charge is 2.03. The van der Waals surface area contributed by atoms with Crippen molar-refractivity contribution in [1.82, 2.24) is 0 Å². The lowest BCUT2D eigenvalue weighted by molar-refractivity contribution is 0.448. The minimum atomic E-state index is -0.750. The van der Waals surface area contributed by atoms with Crippen LogP contribution in [0.1, 0.15) is 0 Å². The Morgan fingerprint density at radius 2 is 1.08 bits per heavy atom. The quantitative estimate of drug-likeness (QED) is 0.617. The molecule has 0 saturated heterocycles. The molecule has 0 fully saturated rings. The van der Waals surface area contributed by atoms with Crippen molar-refractivity contribution in [3.8, 4) is 11.1 Å². The van der Waals surface area contributed by atoms with Crippen LogP contribution in [0.5, 0.6) is 0 Å². The third kappa shape index (κ3) is 5.63. The molecule has 2 nitrogen and oxygen atoms in total. The zero-order chi connectivity index (χ0) is 10.3. The SMILES string of the molecule is C[SiH](C)C.OBO.c1cc2ccc1-2. The lowest BCUT2D eigenvalue weighted by Gasteiger charge is -2.10. The first-order valence-electron chi connectivity index (χ1n) is 4.44. The van der Waals surface area contributed by atoms with Crippen LogP contribution in [0, 0.1) is 0 Å². The van der Waals surface area contributed by atoms with Gasteiger partial charge in [-0.3, -0.25) is 0 Å². The summed E-state index contributed by atoms with van der Waals surface area (Å²) in [6.07, 6.45) is 0. The Morgan fingerprint density at radius 3 is 1.08 bits per heavy atom. The molecule has 13 heavy (non-hydrogen) atoms. The Labute approximate surface area is 82.2 Å². The third-order valence-electron chi connectivity index (χ3n) is 1.22. The van der Waals surface area contributed by atoms with Crippen molar-refractivity contribution in [2.75, 3.05) is 0 Å². The van der Waals surface area contributed by atoms with Gasteiger partial charge >= 0.3 is 7.69 Å². The van der Waals surface area contributed by atoms with Gasteiger partial charge in [0.2, 0.25) is 0 Å². The van der Waals surface area contributed by atoms with Gasteiger partial charge in [0.05, 0.1) is 0 Å². The first kappa shape index (κ1) is 12.4. The van der Waals surface area contributed by atoms with Gasteiger partial charge in [0.15, 0.2) is 0 Å². The van der Waals surface area contributed by atoms with E-state index >= 15 is 0 Å². The number of hydrogen-bond acceptors (Lipinski definition) is 2. The fourth-order valence-electron chi connectivity index (χ4n) is 0.663. The van der Waals surface area contributed by atoms with Crippen molar-refractivity contribution in [3.05, 3.63) is 24.3 Å². The molecule has 0 radical (unpaired) electrons. The molecule has 2 N–H and O–H groups in total. The lowest BCUT2D eigenvalue weighted by atomic mass is 9.95. The van der Waals surface area contributed by atoms with Crippen LogP contribution in [0.3, 0.4) is 0 Å². The monoisotopic (exact) mass is 196 g/mol. The number of fused-ring (bicyclic) bond motifs is 1. The molecular formula is C9H17BO2Si. The van der Waals surface area contributed by atoms with Crippen molar-refractivity contribution in [2.24, 2.45) is 0 Å². The highest BCUT2D eigenvalue weighted by Crippen LogP contribution is 2.29. The molecule has 2 aliphatic rings.